The fourth-order valence-electron chi connectivity index (χ4n) is 3.24. The van der Waals surface area contributed by atoms with Crippen LogP contribution in [0.15, 0.2) is 24.3 Å². The van der Waals surface area contributed by atoms with Gasteiger partial charge in [0, 0.05) is 24.6 Å². The van der Waals surface area contributed by atoms with Crippen LogP contribution in [0.5, 0.6) is 5.75 Å². The van der Waals surface area contributed by atoms with Crippen molar-refractivity contribution in [2.75, 3.05) is 26.8 Å². The molecule has 1 saturated heterocycles. The molecule has 140 valence electrons. The molecule has 6 heteroatoms. The number of aromatic nitrogens is 1. The van der Waals surface area contributed by atoms with Crippen LogP contribution < -0.4 is 4.74 Å². The normalized spacial score (nSPS) is 16.7. The summed E-state index contributed by atoms with van der Waals surface area (Å²) in [4.78, 5) is 20.4. The number of thiazole rings is 1. The number of aryl methyl sites for hydroxylation is 2. The molecule has 5 nitrogen and oxygen atoms in total. The molecule has 1 aliphatic rings. The first-order chi connectivity index (χ1) is 12.6. The van der Waals surface area contributed by atoms with Crippen molar-refractivity contribution < 1.29 is 14.3 Å². The second-order valence-corrected chi connectivity index (χ2v) is 8.03. The summed E-state index contributed by atoms with van der Waals surface area (Å²) >= 11 is 1.57. The number of rotatable bonds is 7. The second kappa shape index (κ2) is 8.64. The first-order valence-electron chi connectivity index (χ1n) is 9.04. The maximum absolute atomic E-state index is 13.1. The van der Waals surface area contributed by atoms with Gasteiger partial charge in [-0.05, 0) is 50.8 Å². The number of hydrogen-bond acceptors (Lipinski definition) is 5. The Hall–Kier alpha value is -1.92. The van der Waals surface area contributed by atoms with E-state index in [4.69, 9.17) is 9.47 Å². The molecule has 1 unspecified atom stereocenters. The number of hydrogen-bond donors (Lipinski definition) is 0. The molecule has 0 bridgehead atoms. The van der Waals surface area contributed by atoms with Gasteiger partial charge in [0.05, 0.1) is 18.2 Å². The topological polar surface area (TPSA) is 51.7 Å². The summed E-state index contributed by atoms with van der Waals surface area (Å²) in [6.07, 6.45) is 3.02. The Balaban J connectivity index is 1.71. The summed E-state index contributed by atoms with van der Waals surface area (Å²) in [6, 6.07) is 8.00. The number of benzene rings is 1. The molecular formula is C20H26N2O3S. The van der Waals surface area contributed by atoms with Crippen molar-refractivity contribution in [3.8, 4) is 5.75 Å². The molecule has 2 aromatic rings. The lowest BCUT2D eigenvalue weighted by Crippen LogP contribution is -2.39. The summed E-state index contributed by atoms with van der Waals surface area (Å²) < 4.78 is 11.0. The third kappa shape index (κ3) is 4.62. The molecule has 0 saturated carbocycles. The number of carbonyl (C=O) groups excluding carboxylic acids is 1. The van der Waals surface area contributed by atoms with Crippen LogP contribution in [-0.2, 0) is 11.2 Å². The summed E-state index contributed by atoms with van der Waals surface area (Å²) in [7, 11) is 1.66. The highest BCUT2D eigenvalue weighted by molar-refractivity contribution is 7.11. The summed E-state index contributed by atoms with van der Waals surface area (Å²) in [5, 5.41) is 0.929. The molecule has 2 heterocycles. The van der Waals surface area contributed by atoms with Crippen molar-refractivity contribution >= 4 is 17.2 Å². The average molecular weight is 375 g/mol. The summed E-state index contributed by atoms with van der Waals surface area (Å²) in [6.45, 7) is 5.98. The van der Waals surface area contributed by atoms with Crippen LogP contribution in [0.4, 0.5) is 0 Å². The predicted octanol–water partition coefficient (Wildman–Crippen LogP) is 3.63. The van der Waals surface area contributed by atoms with E-state index in [9.17, 15) is 4.79 Å². The van der Waals surface area contributed by atoms with Gasteiger partial charge >= 0.3 is 0 Å². The van der Waals surface area contributed by atoms with Crippen molar-refractivity contribution in [1.29, 1.82) is 0 Å². The monoisotopic (exact) mass is 374 g/mol. The van der Waals surface area contributed by atoms with Crippen molar-refractivity contribution in [1.82, 2.24) is 9.88 Å². The van der Waals surface area contributed by atoms with Crippen LogP contribution in [0.3, 0.4) is 0 Å². The third-order valence-electron chi connectivity index (χ3n) is 4.67. The van der Waals surface area contributed by atoms with E-state index < -0.39 is 0 Å². The zero-order valence-corrected chi connectivity index (χ0v) is 16.5. The lowest BCUT2D eigenvalue weighted by atomic mass is 10.1. The number of ether oxygens (including phenoxy) is 2. The Morgan fingerprint density at radius 3 is 2.69 bits per heavy atom. The van der Waals surface area contributed by atoms with E-state index in [0.717, 1.165) is 41.5 Å². The van der Waals surface area contributed by atoms with E-state index in [2.05, 4.69) is 4.98 Å². The van der Waals surface area contributed by atoms with Gasteiger partial charge in [-0.3, -0.25) is 4.79 Å². The largest absolute Gasteiger partial charge is 0.497 e. The molecule has 1 aromatic heterocycles. The SMILES string of the molecule is COc1ccc(CCN(CC2CCCO2)C(=O)c2nc(C)sc2C)cc1. The highest BCUT2D eigenvalue weighted by atomic mass is 32.1. The van der Waals surface area contributed by atoms with Gasteiger partial charge in [-0.2, -0.15) is 0 Å². The Labute approximate surface area is 159 Å². The molecule has 0 spiro atoms. The van der Waals surface area contributed by atoms with Gasteiger partial charge in [0.25, 0.3) is 5.91 Å². The molecule has 0 radical (unpaired) electrons. The molecule has 1 atom stereocenters. The van der Waals surface area contributed by atoms with Crippen molar-refractivity contribution in [3.63, 3.8) is 0 Å². The molecule has 1 aliphatic heterocycles. The van der Waals surface area contributed by atoms with Gasteiger partial charge in [0.15, 0.2) is 0 Å². The molecule has 1 amide bonds. The van der Waals surface area contributed by atoms with E-state index in [1.54, 1.807) is 18.4 Å². The minimum atomic E-state index is 0.0101. The smallest absolute Gasteiger partial charge is 0.273 e. The number of nitrogens with zero attached hydrogens (tertiary/aromatic N) is 2. The first kappa shape index (κ1) is 18.9. The van der Waals surface area contributed by atoms with Gasteiger partial charge in [-0.15, -0.1) is 11.3 Å². The summed E-state index contributed by atoms with van der Waals surface area (Å²) in [5.74, 6) is 0.852. The molecule has 1 aromatic carbocycles. The van der Waals surface area contributed by atoms with Crippen molar-refractivity contribution in [3.05, 3.63) is 45.4 Å². The first-order valence-corrected chi connectivity index (χ1v) is 9.86. The maximum atomic E-state index is 13.1. The quantitative estimate of drug-likeness (QED) is 0.743. The number of methoxy groups -OCH3 is 1. The van der Waals surface area contributed by atoms with E-state index >= 15 is 0 Å². The summed E-state index contributed by atoms with van der Waals surface area (Å²) in [5.41, 5.74) is 1.77. The Kier molecular flexibility index (Phi) is 6.27. The predicted molar refractivity (Wildman–Crippen MR) is 103 cm³/mol. The average Bonchev–Trinajstić information content (AvgIpc) is 3.27. The zero-order valence-electron chi connectivity index (χ0n) is 15.7. The molecule has 0 aliphatic carbocycles. The third-order valence-corrected chi connectivity index (χ3v) is 5.56. The molecule has 0 N–H and O–H groups in total. The lowest BCUT2D eigenvalue weighted by Gasteiger charge is -2.25. The Morgan fingerprint density at radius 1 is 1.35 bits per heavy atom. The fourth-order valence-corrected chi connectivity index (χ4v) is 4.05. The van der Waals surface area contributed by atoms with Crippen LogP contribution in [0.1, 0.15) is 38.8 Å². The molecular weight excluding hydrogens is 348 g/mol. The van der Waals surface area contributed by atoms with Crippen LogP contribution in [0.2, 0.25) is 0 Å². The maximum Gasteiger partial charge on any atom is 0.273 e. The zero-order chi connectivity index (χ0) is 18.5. The second-order valence-electron chi connectivity index (χ2n) is 6.62. The van der Waals surface area contributed by atoms with Crippen LogP contribution in [0.25, 0.3) is 0 Å². The van der Waals surface area contributed by atoms with Crippen molar-refractivity contribution in [2.45, 2.75) is 39.2 Å². The van der Waals surface area contributed by atoms with Crippen LogP contribution in [-0.4, -0.2) is 48.7 Å². The Bertz CT molecular complexity index is 736. The van der Waals surface area contributed by atoms with Gasteiger partial charge in [0.1, 0.15) is 11.4 Å². The highest BCUT2D eigenvalue weighted by Crippen LogP contribution is 2.21. The van der Waals surface area contributed by atoms with Gasteiger partial charge < -0.3 is 14.4 Å². The molecule has 3 rings (SSSR count). The van der Waals surface area contributed by atoms with Gasteiger partial charge in [0.2, 0.25) is 0 Å². The van der Waals surface area contributed by atoms with Crippen LogP contribution >= 0.6 is 11.3 Å². The Morgan fingerprint density at radius 2 is 2.12 bits per heavy atom. The molecule has 26 heavy (non-hydrogen) atoms. The standard InChI is InChI=1S/C20H26N2O3S/c1-14-19(21-15(2)26-14)20(23)22(13-18-5-4-12-25-18)11-10-16-6-8-17(24-3)9-7-16/h6-9,18H,4-5,10-13H2,1-3H3. The van der Waals surface area contributed by atoms with E-state index in [0.29, 0.717) is 18.8 Å². The minimum Gasteiger partial charge on any atom is -0.497 e. The van der Waals surface area contributed by atoms with E-state index in [1.807, 2.05) is 43.0 Å². The van der Waals surface area contributed by atoms with Gasteiger partial charge in [-0.25, -0.2) is 4.98 Å². The minimum absolute atomic E-state index is 0.0101. The van der Waals surface area contributed by atoms with E-state index in [1.165, 1.54) is 5.56 Å². The van der Waals surface area contributed by atoms with Gasteiger partial charge in [-0.1, -0.05) is 12.1 Å². The molecule has 1 fully saturated rings. The van der Waals surface area contributed by atoms with Crippen LogP contribution in [0, 0.1) is 13.8 Å². The highest BCUT2D eigenvalue weighted by Gasteiger charge is 2.25. The lowest BCUT2D eigenvalue weighted by molar-refractivity contribution is 0.0524. The van der Waals surface area contributed by atoms with Crippen molar-refractivity contribution in [2.24, 2.45) is 0 Å². The number of amides is 1. The fraction of sp³-hybridized carbons (Fsp3) is 0.500. The number of carbonyl (C=O) groups is 1. The van der Waals surface area contributed by atoms with E-state index in [-0.39, 0.29) is 12.0 Å².